The van der Waals surface area contributed by atoms with E-state index in [0.29, 0.717) is 0 Å². The molecule has 0 aliphatic heterocycles. The second kappa shape index (κ2) is 16.2. The number of allylic oxidation sites excluding steroid dienone is 2. The number of aliphatic hydroxyl groups is 2. The smallest absolute Gasteiger partial charge is 0.417 e. The Morgan fingerprint density at radius 3 is 0.976 bits per heavy atom. The summed E-state index contributed by atoms with van der Waals surface area (Å²) in [6, 6.07) is 0.399. The molecule has 0 aromatic carbocycles. The van der Waals surface area contributed by atoms with E-state index in [-0.39, 0.29) is 36.5 Å². The lowest BCUT2D eigenvalue weighted by atomic mass is 10.2. The third-order valence-corrected chi connectivity index (χ3v) is 24.0. The Labute approximate surface area is 255 Å². The quantitative estimate of drug-likeness (QED) is 0.116. The molecule has 0 amide bonds. The predicted molar refractivity (Wildman–Crippen MR) is 181 cm³/mol. The lowest BCUT2D eigenvalue weighted by molar-refractivity contribution is -0.123. The molecule has 41 heavy (non-hydrogen) atoms. The first-order valence-corrected chi connectivity index (χ1v) is 32.0. The normalized spacial score (nSPS) is 16.0. The molecule has 0 saturated carbocycles. The molecule has 2 atom stereocenters. The molecule has 0 radical (unpaired) electrons. The van der Waals surface area contributed by atoms with Crippen LogP contribution in [0.15, 0.2) is 24.3 Å². The third-order valence-electron chi connectivity index (χ3n) is 4.92. The minimum Gasteiger partial charge on any atom is -0.417 e. The second-order valence-electron chi connectivity index (χ2n) is 14.2. The van der Waals surface area contributed by atoms with Crippen LogP contribution in [0, 0.1) is 0 Å². The van der Waals surface area contributed by atoms with Crippen molar-refractivity contribution in [2.75, 3.05) is 0 Å². The van der Waals surface area contributed by atoms with E-state index in [1.54, 1.807) is 26.0 Å². The van der Waals surface area contributed by atoms with Gasteiger partial charge >= 0.3 is 17.6 Å². The zero-order chi connectivity index (χ0) is 32.5. The molecule has 2 unspecified atom stereocenters. The minimum atomic E-state index is -3.68. The van der Waals surface area contributed by atoms with Crippen LogP contribution in [0.2, 0.25) is 90.7 Å². The van der Waals surface area contributed by atoms with E-state index in [1.807, 2.05) is 0 Å². The maximum absolute atomic E-state index is 12.5. The summed E-state index contributed by atoms with van der Waals surface area (Å²) in [5.41, 5.74) is 0. The Bertz CT molecular complexity index is 795. The fourth-order valence-electron chi connectivity index (χ4n) is 4.00. The van der Waals surface area contributed by atoms with E-state index in [4.69, 9.17) is 20.6 Å². The molecule has 0 rings (SSSR count). The van der Waals surface area contributed by atoms with Gasteiger partial charge in [0.1, 0.15) is 12.2 Å². The molecule has 0 spiro atoms. The monoisotopic (exact) mass is 682 g/mol. The highest BCUT2D eigenvalue weighted by Crippen LogP contribution is 2.36. The summed E-state index contributed by atoms with van der Waals surface area (Å²) in [7, 11) is -16.7. The van der Waals surface area contributed by atoms with Crippen molar-refractivity contribution < 1.29 is 40.4 Å². The maximum Gasteiger partial charge on any atom is 0.472 e. The van der Waals surface area contributed by atoms with Crippen LogP contribution >= 0.6 is 0 Å². The van der Waals surface area contributed by atoms with Crippen LogP contribution in [0.1, 0.15) is 26.7 Å². The molecule has 0 fully saturated rings. The molecule has 0 heterocycles. The molecule has 0 aromatic rings. The Morgan fingerprint density at radius 1 is 0.537 bits per heavy atom. The summed E-state index contributed by atoms with van der Waals surface area (Å²) in [6.45, 7) is 28.1. The molecule has 0 aliphatic rings. The SMILES string of the molecule is CC=CC(=O)C(O)CC[Si](O[Si](C)(C)C)(O[Si](C)(C)C)O[Si](CCC(O)C(=O)C=CC)(O[Si](C)(C)C)O[Si](C)(C)C. The lowest BCUT2D eigenvalue weighted by Crippen LogP contribution is -2.67. The van der Waals surface area contributed by atoms with E-state index in [2.05, 4.69) is 78.6 Å². The van der Waals surface area contributed by atoms with E-state index in [1.165, 1.54) is 12.2 Å². The first-order valence-electron chi connectivity index (χ1n) is 14.5. The van der Waals surface area contributed by atoms with Crippen LogP contribution in [0.25, 0.3) is 0 Å². The minimum absolute atomic E-state index is 0.0944. The summed E-state index contributed by atoms with van der Waals surface area (Å²) < 4.78 is 34.6. The second-order valence-corrected chi connectivity index (χ2v) is 39.0. The van der Waals surface area contributed by atoms with Gasteiger partial charge in [-0.3, -0.25) is 9.59 Å². The molecule has 0 bridgehead atoms. The van der Waals surface area contributed by atoms with E-state index in [9.17, 15) is 19.8 Å². The number of carbonyl (C=O) groups is 2. The highest BCUT2D eigenvalue weighted by Gasteiger charge is 2.58. The Hall–Kier alpha value is -0.159. The summed E-state index contributed by atoms with van der Waals surface area (Å²) >= 11 is 0. The number of ketones is 2. The highest BCUT2D eigenvalue weighted by atomic mass is 28.5. The van der Waals surface area contributed by atoms with Gasteiger partial charge in [0, 0.05) is 12.1 Å². The third kappa shape index (κ3) is 18.3. The van der Waals surface area contributed by atoms with Gasteiger partial charge < -0.3 is 30.8 Å². The van der Waals surface area contributed by atoms with E-state index in [0.717, 1.165) is 0 Å². The molecule has 2 N–H and O–H groups in total. The molecule has 0 aromatic heterocycles. The molecule has 240 valence electrons. The van der Waals surface area contributed by atoms with Crippen LogP contribution in [0.4, 0.5) is 0 Å². The van der Waals surface area contributed by atoms with Gasteiger partial charge in [0.2, 0.25) is 0 Å². The summed E-state index contributed by atoms with van der Waals surface area (Å²) in [5, 5.41) is 21.5. The molecule has 0 saturated heterocycles. The Balaban J connectivity index is 7.11. The topological polar surface area (TPSA) is 121 Å². The fourth-order valence-corrected chi connectivity index (χ4v) is 27.8. The summed E-state index contributed by atoms with van der Waals surface area (Å²) in [5.74, 6) is -0.774. The maximum atomic E-state index is 12.5. The summed E-state index contributed by atoms with van der Waals surface area (Å²) in [4.78, 5) is 24.9. The van der Waals surface area contributed by atoms with Gasteiger partial charge in [-0.25, -0.2) is 0 Å². The number of aliphatic hydroxyl groups excluding tert-OH is 2. The van der Waals surface area contributed by atoms with Crippen LogP contribution < -0.4 is 0 Å². The zero-order valence-electron chi connectivity index (χ0n) is 28.0. The van der Waals surface area contributed by atoms with Crippen molar-refractivity contribution in [3.63, 3.8) is 0 Å². The van der Waals surface area contributed by atoms with Crippen molar-refractivity contribution in [3.8, 4) is 0 Å². The lowest BCUT2D eigenvalue weighted by Gasteiger charge is -2.47. The average molecular weight is 683 g/mol. The van der Waals surface area contributed by atoms with Crippen molar-refractivity contribution in [2.24, 2.45) is 0 Å². The summed E-state index contributed by atoms with van der Waals surface area (Å²) in [6.07, 6.45) is 3.65. The fraction of sp³-hybridized carbons (Fsp3) is 0.769. The zero-order valence-corrected chi connectivity index (χ0v) is 34.0. The first kappa shape index (κ1) is 40.8. The van der Waals surface area contributed by atoms with Gasteiger partial charge in [0.05, 0.1) is 0 Å². The van der Waals surface area contributed by atoms with Crippen molar-refractivity contribution in [1.29, 1.82) is 0 Å². The van der Waals surface area contributed by atoms with Crippen molar-refractivity contribution in [1.82, 2.24) is 0 Å². The molecular formula is C26H58O9Si6. The standard InChI is InChI=1S/C26H58O9Si6/c1-15-17-23(27)25(29)19-21-40(31-36(3,4)5,32-37(6,7)8)35-41(33-38(9,10)11,34-39(12,13)14)22-20-26(30)24(28)18-16-2/h15-18,25-26,29-30H,19-22H2,1-14H3. The van der Waals surface area contributed by atoms with Gasteiger partial charge in [-0.2, -0.15) is 0 Å². The molecule has 9 nitrogen and oxygen atoms in total. The van der Waals surface area contributed by atoms with E-state index >= 15 is 0 Å². The predicted octanol–water partition coefficient (Wildman–Crippen LogP) is 6.08. The van der Waals surface area contributed by atoms with Crippen LogP contribution in [0.3, 0.4) is 0 Å². The largest absolute Gasteiger partial charge is 0.472 e. The van der Waals surface area contributed by atoms with Crippen LogP contribution in [-0.2, 0) is 30.2 Å². The van der Waals surface area contributed by atoms with Crippen molar-refractivity contribution in [2.45, 2.75) is 130 Å². The molecular weight excluding hydrogens is 625 g/mol. The van der Waals surface area contributed by atoms with Crippen molar-refractivity contribution in [3.05, 3.63) is 24.3 Å². The highest BCUT2D eigenvalue weighted by molar-refractivity contribution is 6.92. The average Bonchev–Trinajstić information content (AvgIpc) is 2.71. The first-order chi connectivity index (χ1) is 18.3. The number of hydrogen-bond acceptors (Lipinski definition) is 9. The van der Waals surface area contributed by atoms with Gasteiger partial charge in [-0.05, 0) is 117 Å². The molecule has 0 aliphatic carbocycles. The van der Waals surface area contributed by atoms with Crippen LogP contribution in [-0.4, -0.2) is 84.9 Å². The van der Waals surface area contributed by atoms with Crippen LogP contribution in [0.5, 0.6) is 0 Å². The van der Waals surface area contributed by atoms with Gasteiger partial charge in [-0.15, -0.1) is 0 Å². The van der Waals surface area contributed by atoms with Gasteiger partial charge in [0.15, 0.2) is 44.8 Å². The Kier molecular flexibility index (Phi) is 16.2. The number of rotatable bonds is 20. The number of hydrogen-bond donors (Lipinski definition) is 2. The van der Waals surface area contributed by atoms with E-state index < -0.39 is 63.1 Å². The van der Waals surface area contributed by atoms with Gasteiger partial charge in [0.25, 0.3) is 0 Å². The number of carbonyl (C=O) groups excluding carboxylic acids is 2. The Morgan fingerprint density at radius 2 is 0.780 bits per heavy atom. The van der Waals surface area contributed by atoms with Crippen molar-refractivity contribution >= 4 is 62.4 Å². The molecule has 15 heteroatoms. The van der Waals surface area contributed by atoms with Gasteiger partial charge in [-0.1, -0.05) is 12.2 Å².